The zero-order valence-corrected chi connectivity index (χ0v) is 9.89. The number of carbonyl (C=O) groups is 3. The number of amides is 2. The fraction of sp³-hybridized carbons (Fsp3) is 0.727. The van der Waals surface area contributed by atoms with Crippen LogP contribution in [0.4, 0.5) is 0 Å². The molecule has 2 amide bonds. The predicted molar refractivity (Wildman–Crippen MR) is 57.7 cm³/mol. The van der Waals surface area contributed by atoms with Crippen molar-refractivity contribution in [3.8, 4) is 0 Å². The molecule has 0 aromatic heterocycles. The number of morpholine rings is 1. The topological polar surface area (TPSA) is 93.1 Å². The Kier molecular flexibility index (Phi) is 3.63. The van der Waals surface area contributed by atoms with E-state index in [4.69, 9.17) is 9.47 Å². The number of hydrogen-bond acceptors (Lipinski definition) is 5. The fourth-order valence-corrected chi connectivity index (χ4v) is 2.20. The second-order valence-electron chi connectivity index (χ2n) is 4.56. The summed E-state index contributed by atoms with van der Waals surface area (Å²) in [6, 6.07) is 0. The van der Waals surface area contributed by atoms with Crippen LogP contribution in [0, 0.1) is 5.41 Å². The van der Waals surface area contributed by atoms with Gasteiger partial charge in [-0.25, -0.2) is 0 Å². The molecule has 0 saturated carbocycles. The number of rotatable bonds is 3. The van der Waals surface area contributed by atoms with Crippen molar-refractivity contribution in [3.63, 3.8) is 0 Å². The van der Waals surface area contributed by atoms with E-state index >= 15 is 0 Å². The molecule has 2 rings (SSSR count). The second-order valence-corrected chi connectivity index (χ2v) is 4.56. The molecule has 2 heterocycles. The van der Waals surface area contributed by atoms with Gasteiger partial charge in [-0.2, -0.15) is 0 Å². The van der Waals surface area contributed by atoms with Gasteiger partial charge in [-0.1, -0.05) is 0 Å². The maximum Gasteiger partial charge on any atom is 0.311 e. The maximum absolute atomic E-state index is 11.6. The quantitative estimate of drug-likeness (QED) is 0.669. The molecule has 0 atom stereocenters. The van der Waals surface area contributed by atoms with E-state index in [1.807, 2.05) is 0 Å². The van der Waals surface area contributed by atoms with Crippen molar-refractivity contribution in [1.29, 1.82) is 0 Å². The van der Waals surface area contributed by atoms with Crippen molar-refractivity contribution in [2.45, 2.75) is 12.8 Å². The van der Waals surface area contributed by atoms with Crippen LogP contribution in [0.25, 0.3) is 0 Å². The number of carboxylic acid groups (broad SMARTS) is 1. The lowest BCUT2D eigenvalue weighted by molar-refractivity contribution is -0.167. The van der Waals surface area contributed by atoms with Gasteiger partial charge >= 0.3 is 5.97 Å². The van der Waals surface area contributed by atoms with E-state index in [0.29, 0.717) is 26.1 Å². The molecule has 0 unspecified atom stereocenters. The van der Waals surface area contributed by atoms with Crippen LogP contribution in [0.15, 0.2) is 0 Å². The Morgan fingerprint density at radius 2 is 1.72 bits per heavy atom. The van der Waals surface area contributed by atoms with Gasteiger partial charge in [0.2, 0.25) is 0 Å². The zero-order chi connectivity index (χ0) is 13.2. The van der Waals surface area contributed by atoms with Crippen LogP contribution in [-0.4, -0.2) is 60.8 Å². The predicted octanol–water partition coefficient (Wildman–Crippen LogP) is -0.747. The van der Waals surface area contributed by atoms with Gasteiger partial charge in [0.15, 0.2) is 0 Å². The lowest BCUT2D eigenvalue weighted by Crippen LogP contribution is -2.54. The first-order chi connectivity index (χ1) is 8.55. The van der Waals surface area contributed by atoms with E-state index in [2.05, 4.69) is 0 Å². The molecular formula is C11H15NO6. The number of hydrogen-bond donors (Lipinski definition) is 1. The third kappa shape index (κ3) is 2.37. The molecule has 2 fully saturated rings. The van der Waals surface area contributed by atoms with E-state index < -0.39 is 23.2 Å². The molecule has 100 valence electrons. The molecule has 0 aromatic carbocycles. The minimum absolute atomic E-state index is 0.0906. The van der Waals surface area contributed by atoms with Gasteiger partial charge in [0.1, 0.15) is 13.2 Å². The average molecular weight is 257 g/mol. The normalized spacial score (nSPS) is 24.1. The largest absolute Gasteiger partial charge is 0.481 e. The minimum Gasteiger partial charge on any atom is -0.481 e. The summed E-state index contributed by atoms with van der Waals surface area (Å²) in [6.45, 7) is 0.237. The molecule has 0 aromatic rings. The SMILES string of the molecule is O=C1COCC(=O)N1CC1(C(=O)O)CCOCC1. The Balaban J connectivity index is 2.15. The fourth-order valence-electron chi connectivity index (χ4n) is 2.20. The van der Waals surface area contributed by atoms with Crippen molar-refractivity contribution >= 4 is 17.8 Å². The highest BCUT2D eigenvalue weighted by atomic mass is 16.5. The molecule has 2 aliphatic heterocycles. The molecule has 2 aliphatic rings. The molecule has 7 nitrogen and oxygen atoms in total. The zero-order valence-electron chi connectivity index (χ0n) is 9.89. The van der Waals surface area contributed by atoms with Crippen molar-refractivity contribution in [3.05, 3.63) is 0 Å². The third-order valence-electron chi connectivity index (χ3n) is 3.42. The summed E-state index contributed by atoms with van der Waals surface area (Å²) in [5.74, 6) is -1.94. The van der Waals surface area contributed by atoms with Gasteiger partial charge in [0.05, 0.1) is 5.41 Å². The average Bonchev–Trinajstić information content (AvgIpc) is 2.35. The van der Waals surface area contributed by atoms with Crippen molar-refractivity contribution in [2.24, 2.45) is 5.41 Å². The van der Waals surface area contributed by atoms with Crippen molar-refractivity contribution in [1.82, 2.24) is 4.90 Å². The Hall–Kier alpha value is -1.47. The van der Waals surface area contributed by atoms with E-state index in [0.717, 1.165) is 4.90 Å². The van der Waals surface area contributed by atoms with Gasteiger partial charge in [0, 0.05) is 19.8 Å². The molecule has 0 bridgehead atoms. The number of carboxylic acids is 1. The van der Waals surface area contributed by atoms with Gasteiger partial charge in [-0.3, -0.25) is 19.3 Å². The van der Waals surface area contributed by atoms with Crippen LogP contribution in [0.2, 0.25) is 0 Å². The van der Waals surface area contributed by atoms with Crippen LogP contribution >= 0.6 is 0 Å². The third-order valence-corrected chi connectivity index (χ3v) is 3.42. The van der Waals surface area contributed by atoms with Crippen molar-refractivity contribution in [2.75, 3.05) is 33.0 Å². The second kappa shape index (κ2) is 5.03. The van der Waals surface area contributed by atoms with Crippen LogP contribution < -0.4 is 0 Å². The van der Waals surface area contributed by atoms with Gasteiger partial charge < -0.3 is 14.6 Å². The van der Waals surface area contributed by atoms with Gasteiger partial charge in [-0.05, 0) is 12.8 Å². The Labute approximate surface area is 104 Å². The first-order valence-electron chi connectivity index (χ1n) is 5.77. The molecule has 2 saturated heterocycles. The standard InChI is InChI=1S/C11H15NO6/c13-8-5-18-6-9(14)12(8)7-11(10(15)16)1-3-17-4-2-11/h1-7H2,(H,15,16). The van der Waals surface area contributed by atoms with E-state index in [1.165, 1.54) is 0 Å². The molecular weight excluding hydrogens is 242 g/mol. The monoisotopic (exact) mass is 257 g/mol. The number of aliphatic carboxylic acids is 1. The summed E-state index contributed by atoms with van der Waals surface area (Å²) in [6.07, 6.45) is 0.612. The highest BCUT2D eigenvalue weighted by Gasteiger charge is 2.44. The summed E-state index contributed by atoms with van der Waals surface area (Å²) < 4.78 is 9.94. The van der Waals surface area contributed by atoms with Gasteiger partial charge in [0.25, 0.3) is 11.8 Å². The Morgan fingerprint density at radius 1 is 1.17 bits per heavy atom. The van der Waals surface area contributed by atoms with E-state index in [9.17, 15) is 19.5 Å². The molecule has 18 heavy (non-hydrogen) atoms. The summed E-state index contributed by atoms with van der Waals surface area (Å²) >= 11 is 0. The van der Waals surface area contributed by atoms with Crippen molar-refractivity contribution < 1.29 is 29.0 Å². The number of carbonyl (C=O) groups excluding carboxylic acids is 2. The lowest BCUT2D eigenvalue weighted by Gasteiger charge is -2.37. The summed E-state index contributed by atoms with van der Waals surface area (Å²) in [5, 5.41) is 9.36. The molecule has 1 N–H and O–H groups in total. The molecule has 0 radical (unpaired) electrons. The smallest absolute Gasteiger partial charge is 0.311 e. The van der Waals surface area contributed by atoms with Gasteiger partial charge in [-0.15, -0.1) is 0 Å². The maximum atomic E-state index is 11.6. The molecule has 0 aliphatic carbocycles. The number of ether oxygens (including phenoxy) is 2. The Morgan fingerprint density at radius 3 is 2.22 bits per heavy atom. The van der Waals surface area contributed by atoms with Crippen LogP contribution in [-0.2, 0) is 23.9 Å². The first kappa shape index (κ1) is 13.0. The minimum atomic E-state index is -1.08. The van der Waals surface area contributed by atoms with E-state index in [1.54, 1.807) is 0 Å². The van der Waals surface area contributed by atoms with Crippen LogP contribution in [0.5, 0.6) is 0 Å². The highest BCUT2D eigenvalue weighted by molar-refractivity contribution is 5.98. The molecule has 0 spiro atoms. The summed E-state index contributed by atoms with van der Waals surface area (Å²) in [5.41, 5.74) is -1.08. The lowest BCUT2D eigenvalue weighted by atomic mass is 9.79. The number of nitrogens with zero attached hydrogens (tertiary/aromatic N) is 1. The molecule has 7 heteroatoms. The summed E-state index contributed by atoms with van der Waals surface area (Å²) in [4.78, 5) is 35.6. The highest BCUT2D eigenvalue weighted by Crippen LogP contribution is 2.32. The first-order valence-corrected chi connectivity index (χ1v) is 5.77. The summed E-state index contributed by atoms with van der Waals surface area (Å²) in [7, 11) is 0. The Bertz CT molecular complexity index is 358. The number of imide groups is 1. The van der Waals surface area contributed by atoms with E-state index in [-0.39, 0.29) is 19.8 Å². The van der Waals surface area contributed by atoms with Crippen LogP contribution in [0.1, 0.15) is 12.8 Å². The van der Waals surface area contributed by atoms with Crippen LogP contribution in [0.3, 0.4) is 0 Å².